The summed E-state index contributed by atoms with van der Waals surface area (Å²) in [6.07, 6.45) is 4.85. The Balaban J connectivity index is 0.000000238. The van der Waals surface area contributed by atoms with Gasteiger partial charge in [0.25, 0.3) is 0 Å². The summed E-state index contributed by atoms with van der Waals surface area (Å²) in [5, 5.41) is 13.4. The van der Waals surface area contributed by atoms with Crippen LogP contribution in [0.2, 0.25) is 0 Å². The SMILES string of the molecule is CCC(CC)C(=O)/C=C(\O)C(C)(CC)CC.[2H]c1nc(-c2[c-]c(C)cc(C)c2)c2ccc(C)cc2c1[2H].[2H]c1nc(-c2[c-]c(C)cc(C)c2)c2ccc(C)cc2c1[2H].[Ir]. The van der Waals surface area contributed by atoms with Gasteiger partial charge in [0, 0.05) is 49.9 Å². The summed E-state index contributed by atoms with van der Waals surface area (Å²) in [5.41, 5.74) is 9.53. The van der Waals surface area contributed by atoms with Crippen LogP contribution < -0.4 is 0 Å². The van der Waals surface area contributed by atoms with Crippen LogP contribution in [0.25, 0.3) is 44.1 Å². The number of rotatable bonds is 9. The summed E-state index contributed by atoms with van der Waals surface area (Å²) in [6.45, 7) is 22.2. The van der Waals surface area contributed by atoms with Gasteiger partial charge in [-0.1, -0.05) is 110 Å². The van der Waals surface area contributed by atoms with Crippen molar-refractivity contribution in [1.29, 1.82) is 0 Å². The van der Waals surface area contributed by atoms with Gasteiger partial charge in [-0.3, -0.25) is 4.79 Å². The maximum atomic E-state index is 11.9. The number of fused-ring (bicyclic) bond motifs is 2. The number of carbonyl (C=O) groups is 1. The van der Waals surface area contributed by atoms with Crippen molar-refractivity contribution in [2.75, 3.05) is 0 Å². The second-order valence-corrected chi connectivity index (χ2v) is 14.7. The van der Waals surface area contributed by atoms with Gasteiger partial charge < -0.3 is 15.1 Å². The number of aryl methyl sites for hydroxylation is 6. The number of aromatic nitrogens is 2. The van der Waals surface area contributed by atoms with Crippen LogP contribution in [0.3, 0.4) is 0 Å². The smallest absolute Gasteiger partial charge is 0.162 e. The molecule has 4 aromatic carbocycles. The molecule has 0 fully saturated rings. The molecule has 2 aromatic heterocycles. The molecule has 0 unspecified atom stereocenters. The summed E-state index contributed by atoms with van der Waals surface area (Å²) in [4.78, 5) is 20.5. The Morgan fingerprint density at radius 1 is 0.709 bits per heavy atom. The molecular formula is C50H58IrN2O2-2. The predicted molar refractivity (Wildman–Crippen MR) is 229 cm³/mol. The van der Waals surface area contributed by atoms with Crippen LogP contribution in [0.15, 0.2) is 96.9 Å². The third-order valence-electron chi connectivity index (χ3n) is 10.2. The van der Waals surface area contributed by atoms with Crippen molar-refractivity contribution in [2.45, 2.75) is 102 Å². The summed E-state index contributed by atoms with van der Waals surface area (Å²) in [5.74, 6) is 0.366. The third kappa shape index (κ3) is 11.8. The van der Waals surface area contributed by atoms with Crippen molar-refractivity contribution in [2.24, 2.45) is 11.3 Å². The Morgan fingerprint density at radius 3 is 1.49 bits per heavy atom. The molecular weight excluding hydrogens is 853 g/mol. The standard InChI is InChI=1S/2C18H16N.C14H26O2.Ir/c2*1-12-4-5-17-15(9-12)6-7-19-18(17)16-10-13(2)8-14(3)11-16;1-6-11(7-2)12(15)10-13(16)14(5,8-3)9-4;/h2*4-10H,1-3H3;10-11,16H,6-9H2,1-5H3;/q2*-1;;/b;;13-10-;/i2*6D,7D;;. The molecule has 0 saturated heterocycles. The number of hydrogen-bond donors (Lipinski definition) is 1. The minimum absolute atomic E-state index is 0. The zero-order valence-corrected chi connectivity index (χ0v) is 36.7. The predicted octanol–water partition coefficient (Wildman–Crippen LogP) is 13.5. The van der Waals surface area contributed by atoms with Crippen molar-refractivity contribution in [1.82, 2.24) is 9.97 Å². The summed E-state index contributed by atoms with van der Waals surface area (Å²) in [7, 11) is 0. The molecule has 5 heteroatoms. The molecule has 1 N–H and O–H groups in total. The maximum Gasteiger partial charge on any atom is 0.162 e. The molecule has 0 bridgehead atoms. The molecule has 1 radical (unpaired) electrons. The van der Waals surface area contributed by atoms with E-state index in [0.717, 1.165) is 103 Å². The molecule has 6 rings (SSSR count). The van der Waals surface area contributed by atoms with E-state index in [0.29, 0.717) is 0 Å². The van der Waals surface area contributed by atoms with E-state index in [1.807, 2.05) is 125 Å². The first kappa shape index (κ1) is 38.8. The minimum Gasteiger partial charge on any atom is -0.512 e. The van der Waals surface area contributed by atoms with Crippen molar-refractivity contribution in [3.8, 4) is 22.5 Å². The third-order valence-corrected chi connectivity index (χ3v) is 10.2. The van der Waals surface area contributed by atoms with Crippen LogP contribution in [0.4, 0.5) is 0 Å². The van der Waals surface area contributed by atoms with Crippen LogP contribution >= 0.6 is 0 Å². The molecule has 6 aromatic rings. The second-order valence-electron chi connectivity index (χ2n) is 14.7. The largest absolute Gasteiger partial charge is 0.512 e. The first-order valence-electron chi connectivity index (χ1n) is 21.1. The number of ketones is 1. The van der Waals surface area contributed by atoms with Crippen molar-refractivity contribution in [3.05, 3.63) is 142 Å². The number of hydrogen-bond acceptors (Lipinski definition) is 4. The van der Waals surface area contributed by atoms with E-state index in [1.54, 1.807) is 0 Å². The van der Waals surface area contributed by atoms with Crippen molar-refractivity contribution >= 4 is 27.3 Å². The van der Waals surface area contributed by atoms with Crippen LogP contribution in [0, 0.1) is 65.0 Å². The van der Waals surface area contributed by atoms with Gasteiger partial charge in [-0.05, 0) is 84.5 Å². The summed E-state index contributed by atoms with van der Waals surface area (Å²) >= 11 is 0. The number of nitrogens with zero attached hydrogens (tertiary/aromatic N) is 2. The first-order valence-corrected chi connectivity index (χ1v) is 19.1. The second kappa shape index (κ2) is 20.5. The Kier molecular flexibility index (Phi) is 14.4. The minimum atomic E-state index is -0.248. The molecule has 4 nitrogen and oxygen atoms in total. The van der Waals surface area contributed by atoms with Gasteiger partial charge >= 0.3 is 0 Å². The Labute approximate surface area is 349 Å². The first-order chi connectivity index (χ1) is 27.4. The average Bonchev–Trinajstić information content (AvgIpc) is 3.17. The zero-order valence-electron chi connectivity index (χ0n) is 38.3. The fourth-order valence-electron chi connectivity index (χ4n) is 6.53. The van der Waals surface area contributed by atoms with Crippen LogP contribution in [0.1, 0.15) is 99.2 Å². The topological polar surface area (TPSA) is 63.1 Å². The molecule has 2 heterocycles. The van der Waals surface area contributed by atoms with Crippen LogP contribution in [-0.4, -0.2) is 20.9 Å². The van der Waals surface area contributed by atoms with Crippen molar-refractivity contribution in [3.63, 3.8) is 0 Å². The van der Waals surface area contributed by atoms with Gasteiger partial charge in [-0.2, -0.15) is 0 Å². The fourth-order valence-corrected chi connectivity index (χ4v) is 6.53. The van der Waals surface area contributed by atoms with Gasteiger partial charge in [0.1, 0.15) is 5.76 Å². The van der Waals surface area contributed by atoms with E-state index in [9.17, 15) is 9.90 Å². The summed E-state index contributed by atoms with van der Waals surface area (Å²) in [6, 6.07) is 27.1. The molecule has 0 saturated carbocycles. The van der Waals surface area contributed by atoms with E-state index in [2.05, 4.69) is 34.2 Å². The zero-order chi connectivity index (χ0) is 43.1. The van der Waals surface area contributed by atoms with Crippen molar-refractivity contribution < 1.29 is 35.5 Å². The number of benzene rings is 4. The van der Waals surface area contributed by atoms with Gasteiger partial charge in [0.05, 0.1) is 5.48 Å². The van der Waals surface area contributed by atoms with Crippen LogP contribution in [0.5, 0.6) is 0 Å². The van der Waals surface area contributed by atoms with E-state index >= 15 is 0 Å². The molecule has 0 aliphatic rings. The number of aliphatic hydroxyl groups is 1. The van der Waals surface area contributed by atoms with E-state index in [-0.39, 0.29) is 67.4 Å². The van der Waals surface area contributed by atoms with Gasteiger partial charge in [-0.25, -0.2) is 0 Å². The normalized spacial score (nSPS) is 12.4. The van der Waals surface area contributed by atoms with Gasteiger partial charge in [0.2, 0.25) is 0 Å². The summed E-state index contributed by atoms with van der Waals surface area (Å²) < 4.78 is 32.1. The van der Waals surface area contributed by atoms with E-state index in [1.165, 1.54) is 6.08 Å². The molecule has 55 heavy (non-hydrogen) atoms. The monoisotopic (exact) mass is 915 g/mol. The molecule has 0 aliphatic carbocycles. The Bertz CT molecular complexity index is 2290. The van der Waals surface area contributed by atoms with E-state index < -0.39 is 0 Å². The fraction of sp³-hybridized carbons (Fsp3) is 0.340. The quantitative estimate of drug-likeness (QED) is 0.0892. The number of pyridine rings is 2. The van der Waals surface area contributed by atoms with Gasteiger partial charge in [0.15, 0.2) is 5.78 Å². The number of aliphatic hydroxyl groups excluding tert-OH is 1. The Hall–Kier alpha value is -4.44. The number of allylic oxidation sites excluding steroid dienone is 2. The average molecular weight is 915 g/mol. The molecule has 291 valence electrons. The molecule has 0 amide bonds. The van der Waals surface area contributed by atoms with E-state index in [4.69, 9.17) is 5.48 Å². The molecule has 0 aliphatic heterocycles. The maximum absolute atomic E-state index is 11.9. The number of carbonyl (C=O) groups excluding carboxylic acids is 1. The molecule has 0 spiro atoms. The Morgan fingerprint density at radius 2 is 1.13 bits per heavy atom. The van der Waals surface area contributed by atoms with Gasteiger partial charge in [-0.15, -0.1) is 69.8 Å². The molecule has 0 atom stereocenters. The van der Waals surface area contributed by atoms with Crippen LogP contribution in [-0.2, 0) is 24.9 Å².